The van der Waals surface area contributed by atoms with Crippen LogP contribution in [0.15, 0.2) is 36.4 Å². The molecule has 6 heteroatoms. The first-order valence-electron chi connectivity index (χ1n) is 7.08. The summed E-state index contributed by atoms with van der Waals surface area (Å²) in [5.41, 5.74) is 0.786. The molecular weight excluding hydrogens is 304 g/mol. The summed E-state index contributed by atoms with van der Waals surface area (Å²) in [5.74, 6) is -0.835. The van der Waals surface area contributed by atoms with Crippen LogP contribution in [0, 0.1) is 11.6 Å². The molecule has 2 aromatic rings. The summed E-state index contributed by atoms with van der Waals surface area (Å²) < 4.78 is 31.9. The molecule has 0 fully saturated rings. The van der Waals surface area contributed by atoms with E-state index in [1.54, 1.807) is 24.1 Å². The minimum Gasteiger partial charge on any atom is -0.504 e. The van der Waals surface area contributed by atoms with E-state index < -0.39 is 17.7 Å². The van der Waals surface area contributed by atoms with Crippen molar-refractivity contribution in [3.05, 3.63) is 59.2 Å². The van der Waals surface area contributed by atoms with E-state index in [0.29, 0.717) is 12.3 Å². The third-order valence-corrected chi connectivity index (χ3v) is 3.50. The van der Waals surface area contributed by atoms with Gasteiger partial charge in [0.05, 0.1) is 13.2 Å². The number of hydrogen-bond donors (Lipinski definition) is 2. The molecule has 0 spiro atoms. The lowest BCUT2D eigenvalue weighted by atomic mass is 10.1. The van der Waals surface area contributed by atoms with E-state index in [1.165, 1.54) is 13.2 Å². The van der Waals surface area contributed by atoms with Crippen LogP contribution in [-0.4, -0.2) is 35.8 Å². The highest BCUT2D eigenvalue weighted by Gasteiger charge is 2.16. The van der Waals surface area contributed by atoms with Gasteiger partial charge in [0.15, 0.2) is 11.5 Å². The third kappa shape index (κ3) is 4.40. The largest absolute Gasteiger partial charge is 0.504 e. The molecule has 2 rings (SSSR count). The van der Waals surface area contributed by atoms with E-state index in [0.717, 1.165) is 23.8 Å². The summed E-state index contributed by atoms with van der Waals surface area (Å²) in [4.78, 5) is 1.76. The van der Waals surface area contributed by atoms with Crippen molar-refractivity contribution < 1.29 is 23.7 Å². The van der Waals surface area contributed by atoms with Gasteiger partial charge in [0.2, 0.25) is 0 Å². The molecule has 2 aromatic carbocycles. The minimum absolute atomic E-state index is 0.0424. The third-order valence-electron chi connectivity index (χ3n) is 3.50. The first-order chi connectivity index (χ1) is 10.9. The van der Waals surface area contributed by atoms with Gasteiger partial charge < -0.3 is 14.9 Å². The van der Waals surface area contributed by atoms with Crippen LogP contribution in [0.2, 0.25) is 0 Å². The maximum atomic E-state index is 13.7. The van der Waals surface area contributed by atoms with Gasteiger partial charge in [-0.3, -0.25) is 4.90 Å². The Balaban J connectivity index is 2.04. The Hall–Kier alpha value is -2.18. The highest BCUT2D eigenvalue weighted by atomic mass is 19.1. The number of ether oxygens (including phenoxy) is 1. The van der Waals surface area contributed by atoms with Crippen LogP contribution >= 0.6 is 0 Å². The molecule has 0 aromatic heterocycles. The molecule has 0 aliphatic carbocycles. The van der Waals surface area contributed by atoms with Crippen LogP contribution in [0.1, 0.15) is 17.2 Å². The lowest BCUT2D eigenvalue weighted by Crippen LogP contribution is -2.24. The van der Waals surface area contributed by atoms with E-state index in [-0.39, 0.29) is 17.9 Å². The predicted molar refractivity (Wildman–Crippen MR) is 82.3 cm³/mol. The van der Waals surface area contributed by atoms with Gasteiger partial charge in [0.25, 0.3) is 0 Å². The van der Waals surface area contributed by atoms with Gasteiger partial charge in [0, 0.05) is 18.7 Å². The minimum atomic E-state index is -1.14. The number of aliphatic hydroxyl groups excluding tert-OH is 1. The SMILES string of the molecule is COc1cc(CN(C)CC(O)c2cc(F)ccc2F)ccc1O. The number of rotatable bonds is 6. The summed E-state index contributed by atoms with van der Waals surface area (Å²) in [6.45, 7) is 0.578. The van der Waals surface area contributed by atoms with Crippen LogP contribution in [-0.2, 0) is 6.54 Å². The second-order valence-corrected chi connectivity index (χ2v) is 5.38. The van der Waals surface area contributed by atoms with Gasteiger partial charge in [-0.2, -0.15) is 0 Å². The molecule has 0 radical (unpaired) electrons. The summed E-state index contributed by atoms with van der Waals surface area (Å²) in [6.07, 6.45) is -1.14. The quantitative estimate of drug-likeness (QED) is 0.858. The normalized spacial score (nSPS) is 12.4. The van der Waals surface area contributed by atoms with E-state index in [4.69, 9.17) is 4.74 Å². The molecule has 0 amide bonds. The number of phenolic OH excluding ortho intramolecular Hbond substituents is 1. The molecule has 0 saturated carbocycles. The van der Waals surface area contributed by atoms with Crippen molar-refractivity contribution >= 4 is 0 Å². The van der Waals surface area contributed by atoms with Crippen molar-refractivity contribution in [2.45, 2.75) is 12.6 Å². The van der Waals surface area contributed by atoms with Gasteiger partial charge in [-0.15, -0.1) is 0 Å². The molecule has 0 heterocycles. The van der Waals surface area contributed by atoms with Gasteiger partial charge in [0.1, 0.15) is 11.6 Å². The van der Waals surface area contributed by atoms with Crippen molar-refractivity contribution in [1.82, 2.24) is 4.90 Å². The number of aliphatic hydroxyl groups is 1. The number of benzene rings is 2. The summed E-state index contributed by atoms with van der Waals surface area (Å²) >= 11 is 0. The second kappa shape index (κ2) is 7.39. The average molecular weight is 323 g/mol. The summed E-state index contributed by atoms with van der Waals surface area (Å²) in [7, 11) is 3.21. The molecular formula is C17H19F2NO3. The second-order valence-electron chi connectivity index (χ2n) is 5.38. The van der Waals surface area contributed by atoms with E-state index in [9.17, 15) is 19.0 Å². The maximum Gasteiger partial charge on any atom is 0.160 e. The zero-order valence-electron chi connectivity index (χ0n) is 13.0. The molecule has 124 valence electrons. The zero-order valence-corrected chi connectivity index (χ0v) is 13.0. The van der Waals surface area contributed by atoms with Gasteiger partial charge in [-0.1, -0.05) is 6.07 Å². The number of likely N-dealkylation sites (N-methyl/N-ethyl adjacent to an activating group) is 1. The molecule has 1 unspecified atom stereocenters. The lowest BCUT2D eigenvalue weighted by molar-refractivity contribution is 0.120. The van der Waals surface area contributed by atoms with Crippen molar-refractivity contribution in [3.63, 3.8) is 0 Å². The monoisotopic (exact) mass is 323 g/mol. The Morgan fingerprint density at radius 2 is 1.91 bits per heavy atom. The Morgan fingerprint density at radius 3 is 2.61 bits per heavy atom. The van der Waals surface area contributed by atoms with Crippen molar-refractivity contribution in [1.29, 1.82) is 0 Å². The van der Waals surface area contributed by atoms with Gasteiger partial charge in [-0.25, -0.2) is 8.78 Å². The molecule has 4 nitrogen and oxygen atoms in total. The molecule has 0 aliphatic rings. The van der Waals surface area contributed by atoms with Gasteiger partial charge >= 0.3 is 0 Å². The Labute approximate surface area is 133 Å². The number of aromatic hydroxyl groups is 1. The number of halogens is 2. The van der Waals surface area contributed by atoms with Crippen LogP contribution < -0.4 is 4.74 Å². The van der Waals surface area contributed by atoms with Crippen molar-refractivity contribution in [3.8, 4) is 11.5 Å². The van der Waals surface area contributed by atoms with E-state index >= 15 is 0 Å². The fourth-order valence-corrected chi connectivity index (χ4v) is 2.36. The molecule has 0 saturated heterocycles. The van der Waals surface area contributed by atoms with E-state index in [2.05, 4.69) is 0 Å². The standard InChI is InChI=1S/C17H19F2NO3/c1-20(9-11-3-6-15(21)17(7-11)23-2)10-16(22)13-8-12(18)4-5-14(13)19/h3-8,16,21-22H,9-10H2,1-2H3. The van der Waals surface area contributed by atoms with Gasteiger partial charge in [-0.05, 0) is 42.9 Å². The topological polar surface area (TPSA) is 52.9 Å². The number of nitrogens with zero attached hydrogens (tertiary/aromatic N) is 1. The highest BCUT2D eigenvalue weighted by molar-refractivity contribution is 5.41. The van der Waals surface area contributed by atoms with Crippen molar-refractivity contribution in [2.24, 2.45) is 0 Å². The smallest absolute Gasteiger partial charge is 0.160 e. The number of methoxy groups -OCH3 is 1. The fourth-order valence-electron chi connectivity index (χ4n) is 2.36. The van der Waals surface area contributed by atoms with Crippen LogP contribution in [0.5, 0.6) is 11.5 Å². The molecule has 2 N–H and O–H groups in total. The Kier molecular flexibility index (Phi) is 5.52. The summed E-state index contributed by atoms with van der Waals surface area (Å²) in [5, 5.41) is 19.7. The fraction of sp³-hybridized carbons (Fsp3) is 0.294. The van der Waals surface area contributed by atoms with Crippen LogP contribution in [0.4, 0.5) is 8.78 Å². The zero-order chi connectivity index (χ0) is 17.0. The lowest BCUT2D eigenvalue weighted by Gasteiger charge is -2.21. The molecule has 0 aliphatic heterocycles. The van der Waals surface area contributed by atoms with Crippen LogP contribution in [0.25, 0.3) is 0 Å². The number of phenols is 1. The predicted octanol–water partition coefficient (Wildman–Crippen LogP) is 2.84. The average Bonchev–Trinajstić information content (AvgIpc) is 2.51. The van der Waals surface area contributed by atoms with Crippen molar-refractivity contribution in [2.75, 3.05) is 20.7 Å². The first kappa shape index (κ1) is 17.2. The van der Waals surface area contributed by atoms with Crippen LogP contribution in [0.3, 0.4) is 0 Å². The molecule has 0 bridgehead atoms. The number of hydrogen-bond acceptors (Lipinski definition) is 4. The molecule has 23 heavy (non-hydrogen) atoms. The highest BCUT2D eigenvalue weighted by Crippen LogP contribution is 2.27. The Bertz CT molecular complexity index is 679. The molecule has 1 atom stereocenters. The first-order valence-corrected chi connectivity index (χ1v) is 7.08. The van der Waals surface area contributed by atoms with E-state index in [1.807, 2.05) is 0 Å². The Morgan fingerprint density at radius 1 is 1.17 bits per heavy atom. The summed E-state index contributed by atoms with van der Waals surface area (Å²) in [6, 6.07) is 7.93. The maximum absolute atomic E-state index is 13.7.